The Hall–Kier alpha value is -2.97. The number of imidazole rings is 1. The van der Waals surface area contributed by atoms with Crippen molar-refractivity contribution >= 4 is 42.5 Å². The minimum Gasteiger partial charge on any atom is -0.461 e. The summed E-state index contributed by atoms with van der Waals surface area (Å²) in [6, 6.07) is 6.97. The molecule has 160 valence electrons. The zero-order valence-electron chi connectivity index (χ0n) is 16.6. The van der Waals surface area contributed by atoms with Crippen LogP contribution in [-0.4, -0.2) is 51.6 Å². The van der Waals surface area contributed by atoms with Gasteiger partial charge in [0, 0.05) is 12.6 Å². The molecule has 8 nitrogen and oxygen atoms in total. The second-order valence-electron chi connectivity index (χ2n) is 6.78. The molecule has 1 aromatic carbocycles. The third-order valence-electron chi connectivity index (χ3n) is 4.84. The van der Waals surface area contributed by atoms with Gasteiger partial charge in [-0.3, -0.25) is 4.90 Å². The van der Waals surface area contributed by atoms with Crippen LogP contribution in [0.4, 0.5) is 5.82 Å². The number of rotatable bonds is 8. The van der Waals surface area contributed by atoms with Gasteiger partial charge in [0.2, 0.25) is 5.82 Å². The molecule has 0 aliphatic carbocycles. The number of nitro groups is 1. The summed E-state index contributed by atoms with van der Waals surface area (Å²) in [6.45, 7) is 6.89. The van der Waals surface area contributed by atoms with E-state index in [2.05, 4.69) is 16.5 Å². The Morgan fingerprint density at radius 2 is 1.90 bits per heavy atom. The van der Waals surface area contributed by atoms with Crippen LogP contribution < -0.4 is 0 Å². The van der Waals surface area contributed by atoms with Gasteiger partial charge in [0.1, 0.15) is 12.8 Å². The van der Waals surface area contributed by atoms with Gasteiger partial charge in [-0.15, -0.1) is 12.4 Å². The molecule has 2 heterocycles. The molecule has 0 spiro atoms. The molecule has 0 amide bonds. The molecular weight excluding hydrogens is 408 g/mol. The molecule has 1 aliphatic heterocycles. The second-order valence-corrected chi connectivity index (χ2v) is 6.78. The van der Waals surface area contributed by atoms with Gasteiger partial charge in [0.25, 0.3) is 0 Å². The van der Waals surface area contributed by atoms with Gasteiger partial charge in [0.05, 0.1) is 11.8 Å². The lowest BCUT2D eigenvalue weighted by atomic mass is 10.1. The van der Waals surface area contributed by atoms with E-state index in [4.69, 9.17) is 4.74 Å². The number of benzene rings is 1. The summed E-state index contributed by atoms with van der Waals surface area (Å²) in [5, 5.41) is 11.0. The van der Waals surface area contributed by atoms with Crippen molar-refractivity contribution < 1.29 is 14.5 Å². The maximum absolute atomic E-state index is 12.2. The largest absolute Gasteiger partial charge is 0.461 e. The highest BCUT2D eigenvalue weighted by Crippen LogP contribution is 2.17. The van der Waals surface area contributed by atoms with E-state index in [-0.39, 0.29) is 24.2 Å². The maximum Gasteiger partial charge on any atom is 0.347 e. The molecule has 0 N–H and O–H groups in total. The Kier molecular flexibility index (Phi) is 8.76. The highest BCUT2D eigenvalue weighted by atomic mass is 35.5. The van der Waals surface area contributed by atoms with E-state index in [1.54, 1.807) is 36.4 Å². The molecule has 1 saturated heterocycles. The van der Waals surface area contributed by atoms with Crippen molar-refractivity contribution in [2.75, 3.05) is 26.2 Å². The molecule has 0 bridgehead atoms. The van der Waals surface area contributed by atoms with Crippen LogP contribution in [0.15, 0.2) is 37.0 Å². The number of hydrogen-bond donors (Lipinski definition) is 0. The lowest BCUT2D eigenvalue weighted by Gasteiger charge is -2.25. The fourth-order valence-electron chi connectivity index (χ4n) is 3.25. The molecule has 1 aliphatic rings. The van der Waals surface area contributed by atoms with E-state index in [9.17, 15) is 14.9 Å². The molecule has 1 aromatic heterocycles. The van der Waals surface area contributed by atoms with Crippen molar-refractivity contribution in [3.63, 3.8) is 0 Å². The van der Waals surface area contributed by atoms with E-state index in [0.29, 0.717) is 18.0 Å². The lowest BCUT2D eigenvalue weighted by Crippen LogP contribution is -2.33. The second kappa shape index (κ2) is 11.3. The number of hydrogen-bond acceptors (Lipinski definition) is 6. The predicted octanol–water partition coefficient (Wildman–Crippen LogP) is 4.13. The zero-order valence-corrected chi connectivity index (χ0v) is 17.4. The first-order chi connectivity index (χ1) is 14.1. The van der Waals surface area contributed by atoms with Crippen LogP contribution in [0.5, 0.6) is 0 Å². The molecule has 0 atom stereocenters. The minimum absolute atomic E-state index is 0. The summed E-state index contributed by atoms with van der Waals surface area (Å²) in [5.41, 5.74) is 1.32. The van der Waals surface area contributed by atoms with Crippen LogP contribution in [0.25, 0.3) is 18.4 Å². The van der Waals surface area contributed by atoms with Gasteiger partial charge in [0.15, 0.2) is 0 Å². The van der Waals surface area contributed by atoms with Gasteiger partial charge in [-0.25, -0.2) is 9.78 Å². The zero-order chi connectivity index (χ0) is 20.6. The molecule has 30 heavy (non-hydrogen) atoms. The number of carbonyl (C=O) groups excluding carboxylic acids is 1. The van der Waals surface area contributed by atoms with Crippen LogP contribution in [0, 0.1) is 10.1 Å². The molecular formula is C21H25ClN4O4. The van der Waals surface area contributed by atoms with Gasteiger partial charge in [-0.2, -0.15) is 4.57 Å². The quantitative estimate of drug-likeness (QED) is 0.354. The number of ether oxygens (including phenoxy) is 1. The summed E-state index contributed by atoms with van der Waals surface area (Å²) in [4.78, 5) is 29.0. The molecule has 1 fully saturated rings. The highest BCUT2D eigenvalue weighted by Gasteiger charge is 2.16. The van der Waals surface area contributed by atoms with Crippen LogP contribution >= 0.6 is 12.4 Å². The number of piperidine rings is 1. The van der Waals surface area contributed by atoms with Crippen molar-refractivity contribution in [1.29, 1.82) is 0 Å². The molecule has 2 aromatic rings. The Bertz CT molecular complexity index is 902. The van der Waals surface area contributed by atoms with Crippen molar-refractivity contribution in [3.8, 4) is 0 Å². The molecule has 9 heteroatoms. The number of aromatic nitrogens is 2. The van der Waals surface area contributed by atoms with Crippen LogP contribution in [0.1, 0.15) is 41.0 Å². The first kappa shape index (κ1) is 23.3. The molecule has 0 saturated carbocycles. The Labute approximate surface area is 181 Å². The van der Waals surface area contributed by atoms with Crippen molar-refractivity contribution in [1.82, 2.24) is 14.5 Å². The SMILES string of the molecule is C=Cn1c([N+](=O)[O-])cnc1/C=C/c1ccc(C(=O)OCCN2CCCCC2)cc1.Cl. The van der Waals surface area contributed by atoms with E-state index < -0.39 is 4.92 Å². The van der Waals surface area contributed by atoms with E-state index in [1.807, 2.05) is 0 Å². The first-order valence-corrected chi connectivity index (χ1v) is 9.60. The molecule has 0 radical (unpaired) electrons. The normalized spacial score (nSPS) is 14.3. The summed E-state index contributed by atoms with van der Waals surface area (Å²) in [7, 11) is 0. The fourth-order valence-corrected chi connectivity index (χ4v) is 3.25. The molecule has 3 rings (SSSR count). The number of likely N-dealkylation sites (tertiary alicyclic amines) is 1. The third kappa shape index (κ3) is 6.01. The van der Waals surface area contributed by atoms with Crippen LogP contribution in [0.3, 0.4) is 0 Å². The molecule has 0 unspecified atom stereocenters. The average molecular weight is 433 g/mol. The monoisotopic (exact) mass is 432 g/mol. The number of carbonyl (C=O) groups is 1. The van der Waals surface area contributed by atoms with Gasteiger partial charge in [-0.05, 0) is 54.6 Å². The number of halogens is 1. The predicted molar refractivity (Wildman–Crippen MR) is 118 cm³/mol. The summed E-state index contributed by atoms with van der Waals surface area (Å²) in [5.74, 6) is -0.0921. The summed E-state index contributed by atoms with van der Waals surface area (Å²) in [6.07, 6.45) is 9.65. The minimum atomic E-state index is -0.516. The van der Waals surface area contributed by atoms with Gasteiger partial charge < -0.3 is 14.9 Å². The lowest BCUT2D eigenvalue weighted by molar-refractivity contribution is -0.390. The number of nitrogens with zero attached hydrogens (tertiary/aromatic N) is 4. The third-order valence-corrected chi connectivity index (χ3v) is 4.84. The number of esters is 1. The van der Waals surface area contributed by atoms with E-state index >= 15 is 0 Å². The Balaban J connectivity index is 0.00000320. The van der Waals surface area contributed by atoms with Crippen LogP contribution in [-0.2, 0) is 4.74 Å². The smallest absolute Gasteiger partial charge is 0.347 e. The van der Waals surface area contributed by atoms with Crippen LogP contribution in [0.2, 0.25) is 0 Å². The van der Waals surface area contributed by atoms with E-state index in [1.165, 1.54) is 36.2 Å². The Morgan fingerprint density at radius 3 is 2.53 bits per heavy atom. The van der Waals surface area contributed by atoms with Crippen molar-refractivity contribution in [3.05, 3.63) is 64.1 Å². The first-order valence-electron chi connectivity index (χ1n) is 9.60. The van der Waals surface area contributed by atoms with Gasteiger partial charge >= 0.3 is 11.8 Å². The fraction of sp³-hybridized carbons (Fsp3) is 0.333. The maximum atomic E-state index is 12.2. The van der Waals surface area contributed by atoms with Crippen molar-refractivity contribution in [2.24, 2.45) is 0 Å². The standard InChI is InChI=1S/C21H24N4O4.ClH/c1-2-24-19(22-16-20(24)25(27)28)11-8-17-6-9-18(10-7-17)21(26)29-15-14-23-12-4-3-5-13-23;/h2,6-11,16H,1,3-5,12-15H2;1H/b11-8+;. The van der Waals surface area contributed by atoms with Crippen molar-refractivity contribution in [2.45, 2.75) is 19.3 Å². The summed E-state index contributed by atoms with van der Waals surface area (Å²) < 4.78 is 6.66. The Morgan fingerprint density at radius 1 is 1.20 bits per heavy atom. The van der Waals surface area contributed by atoms with Gasteiger partial charge in [-0.1, -0.05) is 25.1 Å². The highest BCUT2D eigenvalue weighted by molar-refractivity contribution is 5.89. The topological polar surface area (TPSA) is 90.5 Å². The average Bonchev–Trinajstić information content (AvgIpc) is 3.16. The van der Waals surface area contributed by atoms with E-state index in [0.717, 1.165) is 25.2 Å². The summed E-state index contributed by atoms with van der Waals surface area (Å²) >= 11 is 0.